The Labute approximate surface area is 134 Å². The lowest BCUT2D eigenvalue weighted by molar-refractivity contribution is 0.215. The van der Waals surface area contributed by atoms with Crippen LogP contribution in [0.25, 0.3) is 0 Å². The van der Waals surface area contributed by atoms with Crippen LogP contribution in [0.2, 0.25) is 5.02 Å². The molecule has 1 heterocycles. The first-order chi connectivity index (χ1) is 10.6. The Morgan fingerprint density at radius 1 is 1.18 bits per heavy atom. The summed E-state index contributed by atoms with van der Waals surface area (Å²) in [6.45, 7) is 3.46. The normalized spacial score (nSPS) is 17.5. The lowest BCUT2D eigenvalue weighted by Gasteiger charge is -2.17. The van der Waals surface area contributed by atoms with Gasteiger partial charge < -0.3 is 14.8 Å². The third kappa shape index (κ3) is 3.51. The summed E-state index contributed by atoms with van der Waals surface area (Å²) in [7, 11) is 0. The maximum Gasteiger partial charge on any atom is 0.170 e. The van der Waals surface area contributed by atoms with Crippen molar-refractivity contribution in [2.45, 2.75) is 19.4 Å². The number of hydrogen-bond donors (Lipinski definition) is 1. The van der Waals surface area contributed by atoms with Crippen LogP contribution in [-0.2, 0) is 0 Å². The second kappa shape index (κ2) is 6.55. The molecule has 0 unspecified atom stereocenters. The summed E-state index contributed by atoms with van der Waals surface area (Å²) in [4.78, 5) is 0. The molecule has 0 radical (unpaired) electrons. The van der Waals surface area contributed by atoms with Gasteiger partial charge in [0.05, 0.1) is 0 Å². The molecule has 1 aliphatic heterocycles. The molecular formula is C17H17ClFNO2. The van der Waals surface area contributed by atoms with Gasteiger partial charge in [0.1, 0.15) is 17.7 Å². The number of hydrogen-bond acceptors (Lipinski definition) is 3. The van der Waals surface area contributed by atoms with Crippen molar-refractivity contribution in [3.63, 3.8) is 0 Å². The van der Waals surface area contributed by atoms with Crippen molar-refractivity contribution in [3.8, 4) is 17.2 Å². The van der Waals surface area contributed by atoms with Crippen LogP contribution in [-0.4, -0.2) is 19.2 Å². The van der Waals surface area contributed by atoms with E-state index in [-0.39, 0.29) is 11.9 Å². The van der Waals surface area contributed by atoms with Crippen molar-refractivity contribution in [2.24, 2.45) is 0 Å². The molecule has 0 saturated carbocycles. The number of aryl methyl sites for hydroxylation is 1. The van der Waals surface area contributed by atoms with Crippen LogP contribution < -0.4 is 14.8 Å². The highest BCUT2D eigenvalue weighted by atomic mass is 35.5. The highest BCUT2D eigenvalue weighted by Gasteiger charge is 2.18. The van der Waals surface area contributed by atoms with Gasteiger partial charge in [-0.25, -0.2) is 4.39 Å². The Bertz CT molecular complexity index is 672. The monoisotopic (exact) mass is 321 g/mol. The van der Waals surface area contributed by atoms with Crippen LogP contribution in [0.5, 0.6) is 17.2 Å². The van der Waals surface area contributed by atoms with Crippen molar-refractivity contribution in [1.29, 1.82) is 0 Å². The fourth-order valence-corrected chi connectivity index (χ4v) is 2.54. The van der Waals surface area contributed by atoms with Crippen LogP contribution in [0, 0.1) is 12.7 Å². The molecule has 1 atom stereocenters. The zero-order valence-electron chi connectivity index (χ0n) is 12.2. The third-order valence-electron chi connectivity index (χ3n) is 3.57. The molecule has 5 heteroatoms. The fraction of sp³-hybridized carbons (Fsp3) is 0.294. The van der Waals surface area contributed by atoms with Gasteiger partial charge in [-0.05, 0) is 55.8 Å². The Morgan fingerprint density at radius 3 is 2.77 bits per heavy atom. The standard InChI is InChI=1S/C17H17ClFNO2/c1-11-8-13(3-4-15(11)19)21-17-9-12(18)2-5-16(17)22-14-6-7-20-10-14/h2-5,8-9,14,20H,6-7,10H2,1H3/t14-/m0/s1. The SMILES string of the molecule is Cc1cc(Oc2cc(Cl)ccc2O[C@H]2CCNC2)ccc1F. The van der Waals surface area contributed by atoms with E-state index in [4.69, 9.17) is 21.1 Å². The molecule has 2 aromatic rings. The Hall–Kier alpha value is -1.78. The Morgan fingerprint density at radius 2 is 2.05 bits per heavy atom. The predicted octanol–water partition coefficient (Wildman–Crippen LogP) is 4.32. The molecule has 1 aliphatic rings. The highest BCUT2D eigenvalue weighted by Crippen LogP contribution is 2.35. The van der Waals surface area contributed by atoms with E-state index >= 15 is 0 Å². The van der Waals surface area contributed by atoms with E-state index in [2.05, 4.69) is 5.32 Å². The van der Waals surface area contributed by atoms with Gasteiger partial charge in [0.25, 0.3) is 0 Å². The van der Waals surface area contributed by atoms with Gasteiger partial charge in [-0.3, -0.25) is 0 Å². The summed E-state index contributed by atoms with van der Waals surface area (Å²) in [6, 6.07) is 9.89. The van der Waals surface area contributed by atoms with Crippen molar-refractivity contribution in [2.75, 3.05) is 13.1 Å². The quantitative estimate of drug-likeness (QED) is 0.909. The molecule has 0 amide bonds. The average Bonchev–Trinajstić information content (AvgIpc) is 2.99. The second-order valence-corrected chi connectivity index (χ2v) is 5.77. The molecule has 1 saturated heterocycles. The molecule has 1 fully saturated rings. The van der Waals surface area contributed by atoms with Gasteiger partial charge in [-0.15, -0.1) is 0 Å². The van der Waals surface area contributed by atoms with E-state index in [0.717, 1.165) is 19.5 Å². The molecular weight excluding hydrogens is 305 g/mol. The van der Waals surface area contributed by atoms with E-state index in [0.29, 0.717) is 27.8 Å². The molecule has 0 aliphatic carbocycles. The zero-order chi connectivity index (χ0) is 15.5. The molecule has 1 N–H and O–H groups in total. The molecule has 0 aromatic heterocycles. The minimum absolute atomic E-state index is 0.124. The van der Waals surface area contributed by atoms with Gasteiger partial charge >= 0.3 is 0 Å². The third-order valence-corrected chi connectivity index (χ3v) is 3.81. The van der Waals surface area contributed by atoms with Crippen molar-refractivity contribution in [1.82, 2.24) is 5.32 Å². The van der Waals surface area contributed by atoms with Crippen molar-refractivity contribution in [3.05, 3.63) is 52.8 Å². The van der Waals surface area contributed by atoms with Crippen LogP contribution >= 0.6 is 11.6 Å². The lowest BCUT2D eigenvalue weighted by Crippen LogP contribution is -2.19. The lowest BCUT2D eigenvalue weighted by atomic mass is 10.2. The van der Waals surface area contributed by atoms with Crippen molar-refractivity contribution >= 4 is 11.6 Å². The molecule has 116 valence electrons. The molecule has 3 nitrogen and oxygen atoms in total. The van der Waals surface area contributed by atoms with E-state index in [1.165, 1.54) is 6.07 Å². The summed E-state index contributed by atoms with van der Waals surface area (Å²) in [5.41, 5.74) is 0.530. The summed E-state index contributed by atoms with van der Waals surface area (Å²) in [5.74, 6) is 1.47. The van der Waals surface area contributed by atoms with Crippen LogP contribution in [0.3, 0.4) is 0 Å². The highest BCUT2D eigenvalue weighted by molar-refractivity contribution is 6.30. The zero-order valence-corrected chi connectivity index (χ0v) is 13.0. The average molecular weight is 322 g/mol. The molecule has 3 rings (SSSR count). The van der Waals surface area contributed by atoms with E-state index in [1.807, 2.05) is 0 Å². The first kappa shape index (κ1) is 15.1. The number of benzene rings is 2. The van der Waals surface area contributed by atoms with E-state index < -0.39 is 0 Å². The first-order valence-electron chi connectivity index (χ1n) is 7.23. The summed E-state index contributed by atoms with van der Waals surface area (Å²) in [6.07, 6.45) is 1.08. The van der Waals surface area contributed by atoms with Gasteiger partial charge in [0, 0.05) is 17.6 Å². The first-order valence-corrected chi connectivity index (χ1v) is 7.60. The number of halogens is 2. The van der Waals surface area contributed by atoms with Crippen LogP contribution in [0.4, 0.5) is 4.39 Å². The fourth-order valence-electron chi connectivity index (χ4n) is 2.37. The van der Waals surface area contributed by atoms with E-state index in [9.17, 15) is 4.39 Å². The second-order valence-electron chi connectivity index (χ2n) is 5.34. The van der Waals surface area contributed by atoms with Crippen LogP contribution in [0.1, 0.15) is 12.0 Å². The minimum Gasteiger partial charge on any atom is -0.485 e. The number of nitrogens with one attached hydrogen (secondary N) is 1. The number of ether oxygens (including phenoxy) is 2. The van der Waals surface area contributed by atoms with Gasteiger partial charge in [-0.2, -0.15) is 0 Å². The molecule has 2 aromatic carbocycles. The Balaban J connectivity index is 1.84. The smallest absolute Gasteiger partial charge is 0.170 e. The van der Waals surface area contributed by atoms with E-state index in [1.54, 1.807) is 37.3 Å². The number of rotatable bonds is 4. The molecule has 0 bridgehead atoms. The summed E-state index contributed by atoms with van der Waals surface area (Å²) in [5, 5.41) is 3.81. The molecule has 0 spiro atoms. The summed E-state index contributed by atoms with van der Waals surface area (Å²) < 4.78 is 25.2. The van der Waals surface area contributed by atoms with Crippen molar-refractivity contribution < 1.29 is 13.9 Å². The van der Waals surface area contributed by atoms with Crippen LogP contribution in [0.15, 0.2) is 36.4 Å². The largest absolute Gasteiger partial charge is 0.485 e. The summed E-state index contributed by atoms with van der Waals surface area (Å²) >= 11 is 6.05. The van der Waals surface area contributed by atoms with Gasteiger partial charge in [-0.1, -0.05) is 11.6 Å². The van der Waals surface area contributed by atoms with Gasteiger partial charge in [0.2, 0.25) is 0 Å². The predicted molar refractivity (Wildman–Crippen MR) is 84.6 cm³/mol. The maximum absolute atomic E-state index is 13.3. The minimum atomic E-state index is -0.257. The topological polar surface area (TPSA) is 30.5 Å². The van der Waals surface area contributed by atoms with Gasteiger partial charge in [0.15, 0.2) is 11.5 Å². The maximum atomic E-state index is 13.3. The molecule has 22 heavy (non-hydrogen) atoms. The Kier molecular flexibility index (Phi) is 4.50.